The highest BCUT2D eigenvalue weighted by molar-refractivity contribution is 7.91. The molecule has 0 fully saturated rings. The van der Waals surface area contributed by atoms with E-state index < -0.39 is 21.6 Å². The van der Waals surface area contributed by atoms with Crippen molar-refractivity contribution in [3.8, 4) is 0 Å². The maximum absolute atomic E-state index is 14.7. The van der Waals surface area contributed by atoms with Crippen molar-refractivity contribution in [2.45, 2.75) is 37.8 Å². The molecule has 3 N–H and O–H groups in total. The number of sulfone groups is 1. The van der Waals surface area contributed by atoms with Crippen LogP contribution in [0, 0.1) is 5.82 Å². The number of carbonyl (C=O) groups excluding carboxylic acids is 1. The van der Waals surface area contributed by atoms with E-state index in [0.29, 0.717) is 22.7 Å². The van der Waals surface area contributed by atoms with Crippen molar-refractivity contribution >= 4 is 38.9 Å². The van der Waals surface area contributed by atoms with Crippen LogP contribution in [-0.2, 0) is 22.9 Å². The second-order valence-corrected chi connectivity index (χ2v) is 11.8. The SMILES string of the molecule is CCS(=O)(=O)c1ccc(Cl)cc1CNC(=O)c1cc(F)c(CNCCCNCCCN(C)C)c(Cl)c1. The number of nitrogens with one attached hydrogen (secondary N) is 3. The third-order valence-electron chi connectivity index (χ3n) is 5.55. The Hall–Kier alpha value is -1.75. The lowest BCUT2D eigenvalue weighted by molar-refractivity contribution is 0.0950. The van der Waals surface area contributed by atoms with Crippen LogP contribution >= 0.6 is 23.2 Å². The molecule has 0 aliphatic heterocycles. The van der Waals surface area contributed by atoms with Gasteiger partial charge in [-0.1, -0.05) is 30.1 Å². The summed E-state index contributed by atoms with van der Waals surface area (Å²) in [5, 5.41) is 9.67. The number of amides is 1. The Morgan fingerprint density at radius 1 is 1.00 bits per heavy atom. The average Bonchev–Trinajstić information content (AvgIpc) is 2.82. The van der Waals surface area contributed by atoms with E-state index in [9.17, 15) is 17.6 Å². The zero-order chi connectivity index (χ0) is 26.7. The summed E-state index contributed by atoms with van der Waals surface area (Å²) in [5.74, 6) is -1.24. The van der Waals surface area contributed by atoms with Crippen molar-refractivity contribution < 1.29 is 17.6 Å². The summed E-state index contributed by atoms with van der Waals surface area (Å²) < 4.78 is 39.4. The van der Waals surface area contributed by atoms with E-state index in [1.54, 1.807) is 0 Å². The Morgan fingerprint density at radius 2 is 1.69 bits per heavy atom. The van der Waals surface area contributed by atoms with Crippen LogP contribution < -0.4 is 16.0 Å². The maximum Gasteiger partial charge on any atom is 0.251 e. The number of hydrogen-bond donors (Lipinski definition) is 3. The maximum atomic E-state index is 14.7. The van der Waals surface area contributed by atoms with Crippen molar-refractivity contribution in [3.05, 3.63) is 62.9 Å². The van der Waals surface area contributed by atoms with Crippen LogP contribution in [-0.4, -0.2) is 65.3 Å². The summed E-state index contributed by atoms with van der Waals surface area (Å²) in [6.07, 6.45) is 1.97. The molecule has 0 atom stereocenters. The van der Waals surface area contributed by atoms with Crippen LogP contribution in [0.4, 0.5) is 4.39 Å². The predicted molar refractivity (Wildman–Crippen MR) is 144 cm³/mol. The van der Waals surface area contributed by atoms with Gasteiger partial charge in [-0.25, -0.2) is 12.8 Å². The first-order valence-electron chi connectivity index (χ1n) is 11.9. The molecule has 0 saturated heterocycles. The van der Waals surface area contributed by atoms with Gasteiger partial charge in [-0.05, 0) is 89.0 Å². The number of nitrogens with zero attached hydrogens (tertiary/aromatic N) is 1. The van der Waals surface area contributed by atoms with Gasteiger partial charge in [0, 0.05) is 34.3 Å². The van der Waals surface area contributed by atoms with Gasteiger partial charge in [0.25, 0.3) is 5.91 Å². The third kappa shape index (κ3) is 9.61. The number of rotatable bonds is 15. The van der Waals surface area contributed by atoms with Crippen LogP contribution in [0.2, 0.25) is 10.0 Å². The fourth-order valence-electron chi connectivity index (χ4n) is 3.52. The van der Waals surface area contributed by atoms with Crippen LogP contribution in [0.5, 0.6) is 0 Å². The zero-order valence-electron chi connectivity index (χ0n) is 21.0. The molecule has 0 bridgehead atoms. The molecule has 0 aromatic heterocycles. The summed E-state index contributed by atoms with van der Waals surface area (Å²) in [5.41, 5.74) is 0.695. The topological polar surface area (TPSA) is 90.5 Å². The number of carbonyl (C=O) groups is 1. The van der Waals surface area contributed by atoms with Crippen LogP contribution in [0.25, 0.3) is 0 Å². The van der Waals surface area contributed by atoms with Gasteiger partial charge in [0.1, 0.15) is 5.82 Å². The minimum atomic E-state index is -3.50. The zero-order valence-corrected chi connectivity index (χ0v) is 23.3. The van der Waals surface area contributed by atoms with E-state index in [1.807, 2.05) is 14.1 Å². The first-order chi connectivity index (χ1) is 17.0. The normalized spacial score (nSPS) is 11.8. The Balaban J connectivity index is 1.90. The summed E-state index contributed by atoms with van der Waals surface area (Å²) >= 11 is 12.3. The molecule has 0 aliphatic rings. The highest BCUT2D eigenvalue weighted by Crippen LogP contribution is 2.23. The summed E-state index contributed by atoms with van der Waals surface area (Å²) in [6.45, 7) is 5.26. The summed E-state index contributed by atoms with van der Waals surface area (Å²) in [7, 11) is 0.591. The molecule has 2 rings (SSSR count). The van der Waals surface area contributed by atoms with Gasteiger partial charge < -0.3 is 20.9 Å². The lowest BCUT2D eigenvalue weighted by atomic mass is 10.1. The fraction of sp³-hybridized carbons (Fsp3) is 0.480. The van der Waals surface area contributed by atoms with Gasteiger partial charge >= 0.3 is 0 Å². The summed E-state index contributed by atoms with van der Waals surface area (Å²) in [4.78, 5) is 14.9. The molecule has 0 radical (unpaired) electrons. The minimum absolute atomic E-state index is 0.0464. The van der Waals surface area contributed by atoms with Gasteiger partial charge in [0.05, 0.1) is 10.6 Å². The van der Waals surface area contributed by atoms with Crippen molar-refractivity contribution in [2.24, 2.45) is 0 Å². The Labute approximate surface area is 223 Å². The van der Waals surface area contributed by atoms with E-state index in [0.717, 1.165) is 38.5 Å². The molecular weight excluding hydrogens is 526 g/mol. The smallest absolute Gasteiger partial charge is 0.251 e. The molecule has 0 aliphatic carbocycles. The highest BCUT2D eigenvalue weighted by atomic mass is 35.5. The van der Waals surface area contributed by atoms with E-state index in [-0.39, 0.29) is 34.3 Å². The molecule has 0 unspecified atom stereocenters. The number of hydrogen-bond acceptors (Lipinski definition) is 6. The largest absolute Gasteiger partial charge is 0.348 e. The number of halogens is 3. The molecule has 7 nitrogen and oxygen atoms in total. The Bertz CT molecular complexity index is 1110. The fourth-order valence-corrected chi connectivity index (χ4v) is 5.11. The molecule has 0 saturated carbocycles. The van der Waals surface area contributed by atoms with Crippen molar-refractivity contribution in [1.82, 2.24) is 20.9 Å². The van der Waals surface area contributed by atoms with E-state index >= 15 is 0 Å². The quantitative estimate of drug-likeness (QED) is 0.286. The minimum Gasteiger partial charge on any atom is -0.348 e. The van der Waals surface area contributed by atoms with Crippen molar-refractivity contribution in [2.75, 3.05) is 46.0 Å². The molecule has 0 heterocycles. The lowest BCUT2D eigenvalue weighted by Crippen LogP contribution is -2.25. The number of benzene rings is 2. The first-order valence-corrected chi connectivity index (χ1v) is 14.3. The van der Waals surface area contributed by atoms with E-state index in [4.69, 9.17) is 23.2 Å². The third-order valence-corrected chi connectivity index (χ3v) is 7.95. The predicted octanol–water partition coefficient (Wildman–Crippen LogP) is 3.88. The first kappa shape index (κ1) is 30.5. The van der Waals surface area contributed by atoms with Gasteiger partial charge in [-0.2, -0.15) is 0 Å². The molecule has 2 aromatic carbocycles. The van der Waals surface area contributed by atoms with Crippen LogP contribution in [0.15, 0.2) is 35.2 Å². The van der Waals surface area contributed by atoms with Gasteiger partial charge in [0.15, 0.2) is 9.84 Å². The monoisotopic (exact) mass is 560 g/mol. The lowest BCUT2D eigenvalue weighted by Gasteiger charge is -2.13. The molecule has 36 heavy (non-hydrogen) atoms. The molecule has 1 amide bonds. The highest BCUT2D eigenvalue weighted by Gasteiger charge is 2.19. The molecule has 11 heteroatoms. The van der Waals surface area contributed by atoms with Crippen LogP contribution in [0.3, 0.4) is 0 Å². The van der Waals surface area contributed by atoms with Gasteiger partial charge in [0.2, 0.25) is 0 Å². The van der Waals surface area contributed by atoms with E-state index in [1.165, 1.54) is 31.2 Å². The van der Waals surface area contributed by atoms with Crippen molar-refractivity contribution in [1.29, 1.82) is 0 Å². The second-order valence-electron chi connectivity index (χ2n) is 8.69. The van der Waals surface area contributed by atoms with Gasteiger partial charge in [-0.15, -0.1) is 0 Å². The standard InChI is InChI=1S/C25H35Cl2FN4O3S/c1-4-36(34,35)24-8-7-20(26)13-19(24)16-31-25(33)18-14-22(27)21(23(28)15-18)17-30-10-5-9-29-11-6-12-32(2)3/h7-8,13-15,29-30H,4-6,9-12,16-17H2,1-3H3,(H,31,33). The summed E-state index contributed by atoms with van der Waals surface area (Å²) in [6, 6.07) is 6.94. The second kappa shape index (κ2) is 14.9. The van der Waals surface area contributed by atoms with Crippen LogP contribution in [0.1, 0.15) is 41.3 Å². The van der Waals surface area contributed by atoms with E-state index in [2.05, 4.69) is 20.9 Å². The molecule has 200 valence electrons. The van der Waals surface area contributed by atoms with Crippen molar-refractivity contribution in [3.63, 3.8) is 0 Å². The van der Waals surface area contributed by atoms with Gasteiger partial charge in [-0.3, -0.25) is 4.79 Å². The molecular formula is C25H35Cl2FN4O3S. The molecule has 2 aromatic rings. The molecule has 0 spiro atoms. The average molecular weight is 562 g/mol. The Morgan fingerprint density at radius 3 is 2.36 bits per heavy atom. The Kier molecular flexibility index (Phi) is 12.6.